The largest absolute Gasteiger partial charge is 0.445 e. The Morgan fingerprint density at radius 2 is 2.10 bits per heavy atom. The van der Waals surface area contributed by atoms with Gasteiger partial charge in [-0.3, -0.25) is 0 Å². The number of oxazole rings is 1. The Morgan fingerprint density at radius 3 is 2.85 bits per heavy atom. The zero-order valence-corrected chi connectivity index (χ0v) is 12.6. The lowest BCUT2D eigenvalue weighted by atomic mass is 10.2. The van der Waals surface area contributed by atoms with E-state index in [0.29, 0.717) is 0 Å². The van der Waals surface area contributed by atoms with Gasteiger partial charge in [0.1, 0.15) is 10.8 Å². The predicted octanol–water partition coefficient (Wildman–Crippen LogP) is 4.45. The van der Waals surface area contributed by atoms with Crippen molar-refractivity contribution in [1.29, 1.82) is 0 Å². The normalized spacial score (nSPS) is 10.8. The van der Waals surface area contributed by atoms with E-state index in [2.05, 4.69) is 23.0 Å². The second kappa shape index (κ2) is 6.24. The van der Waals surface area contributed by atoms with Crippen molar-refractivity contribution >= 4 is 23.1 Å². The topological polar surface area (TPSA) is 38.9 Å². The van der Waals surface area contributed by atoms with Gasteiger partial charge >= 0.3 is 0 Å². The number of thioether (sulfide) groups is 1. The fraction of sp³-hybridized carbons (Fsp3) is 0.200. The minimum absolute atomic E-state index is 0.740. The maximum absolute atomic E-state index is 5.59. The molecule has 3 aromatic rings. The minimum Gasteiger partial charge on any atom is -0.445 e. The van der Waals surface area contributed by atoms with Gasteiger partial charge in [0.15, 0.2) is 0 Å². The molecule has 3 rings (SSSR count). The van der Waals surface area contributed by atoms with Crippen LogP contribution in [0.25, 0.3) is 10.6 Å². The summed E-state index contributed by atoms with van der Waals surface area (Å²) in [6.07, 6.45) is 4.59. The Morgan fingerprint density at radius 1 is 1.25 bits per heavy atom. The molecule has 0 fully saturated rings. The van der Waals surface area contributed by atoms with Crippen molar-refractivity contribution in [2.75, 3.05) is 0 Å². The fourth-order valence-electron chi connectivity index (χ4n) is 1.70. The lowest BCUT2D eigenvalue weighted by molar-refractivity contribution is 0.476. The molecule has 0 saturated heterocycles. The van der Waals surface area contributed by atoms with Gasteiger partial charge < -0.3 is 4.42 Å². The molecule has 1 aromatic carbocycles. The molecule has 2 heterocycles. The van der Waals surface area contributed by atoms with Crippen LogP contribution >= 0.6 is 23.1 Å². The number of rotatable bonds is 5. The van der Waals surface area contributed by atoms with E-state index >= 15 is 0 Å². The smallest absolute Gasteiger partial charge is 0.204 e. The van der Waals surface area contributed by atoms with Gasteiger partial charge in [0.25, 0.3) is 0 Å². The monoisotopic (exact) mass is 301 g/mol. The van der Waals surface area contributed by atoms with E-state index in [0.717, 1.165) is 34.4 Å². The van der Waals surface area contributed by atoms with E-state index in [-0.39, 0.29) is 0 Å². The molecule has 0 aliphatic carbocycles. The molecule has 3 nitrogen and oxygen atoms in total. The summed E-state index contributed by atoms with van der Waals surface area (Å²) in [4.78, 5) is 8.71. The highest BCUT2D eigenvalue weighted by Crippen LogP contribution is 2.32. The van der Waals surface area contributed by atoms with Crippen molar-refractivity contribution in [3.8, 4) is 10.6 Å². The van der Waals surface area contributed by atoms with Crippen LogP contribution in [0.5, 0.6) is 0 Å². The van der Waals surface area contributed by atoms with Gasteiger partial charge in [0.2, 0.25) is 5.89 Å². The van der Waals surface area contributed by atoms with Crippen molar-refractivity contribution in [3.05, 3.63) is 54.4 Å². The number of aromatic nitrogens is 2. The molecule has 0 aliphatic heterocycles. The quantitative estimate of drug-likeness (QED) is 0.652. The second-order valence-electron chi connectivity index (χ2n) is 4.14. The van der Waals surface area contributed by atoms with E-state index < -0.39 is 0 Å². The SMILES string of the molecule is CCc1cnc(CSc2cnc(-c3cc[c]cc3)s2)o1. The molecule has 20 heavy (non-hydrogen) atoms. The van der Waals surface area contributed by atoms with Crippen LogP contribution in [-0.4, -0.2) is 9.97 Å². The molecule has 0 N–H and O–H groups in total. The summed E-state index contributed by atoms with van der Waals surface area (Å²) in [5.41, 5.74) is 1.13. The first-order valence-electron chi connectivity index (χ1n) is 6.34. The van der Waals surface area contributed by atoms with E-state index in [1.807, 2.05) is 30.5 Å². The Bertz CT molecular complexity index is 676. The molecule has 0 unspecified atom stereocenters. The maximum Gasteiger partial charge on any atom is 0.204 e. The van der Waals surface area contributed by atoms with Crippen LogP contribution in [-0.2, 0) is 12.2 Å². The van der Waals surface area contributed by atoms with E-state index in [4.69, 9.17) is 4.42 Å². The summed E-state index contributed by atoms with van der Waals surface area (Å²) < 4.78 is 6.76. The first kappa shape index (κ1) is 13.4. The van der Waals surface area contributed by atoms with Gasteiger partial charge in [-0.15, -0.1) is 23.1 Å². The van der Waals surface area contributed by atoms with Gasteiger partial charge in [-0.1, -0.05) is 31.2 Å². The number of hydrogen-bond acceptors (Lipinski definition) is 5. The van der Waals surface area contributed by atoms with Crippen molar-refractivity contribution in [1.82, 2.24) is 9.97 Å². The Kier molecular flexibility index (Phi) is 4.18. The average Bonchev–Trinajstić information content (AvgIpc) is 3.15. The zero-order chi connectivity index (χ0) is 13.8. The van der Waals surface area contributed by atoms with Gasteiger partial charge in [-0.2, -0.15) is 0 Å². The van der Waals surface area contributed by atoms with E-state index in [9.17, 15) is 0 Å². The number of hydrogen-bond donors (Lipinski definition) is 0. The molecule has 0 spiro atoms. The third kappa shape index (κ3) is 3.11. The number of aryl methyl sites for hydroxylation is 1. The minimum atomic E-state index is 0.740. The molecule has 1 radical (unpaired) electrons. The van der Waals surface area contributed by atoms with E-state index in [1.54, 1.807) is 29.3 Å². The van der Waals surface area contributed by atoms with Crippen molar-refractivity contribution in [2.45, 2.75) is 23.3 Å². The molecule has 0 saturated carbocycles. The highest BCUT2D eigenvalue weighted by atomic mass is 32.2. The summed E-state index contributed by atoms with van der Waals surface area (Å²) in [6.45, 7) is 2.06. The lowest BCUT2D eigenvalue weighted by Gasteiger charge is -1.94. The van der Waals surface area contributed by atoms with Crippen LogP contribution in [0.4, 0.5) is 0 Å². The van der Waals surface area contributed by atoms with Crippen molar-refractivity contribution < 1.29 is 4.42 Å². The summed E-state index contributed by atoms with van der Waals surface area (Å²) in [5.74, 6) is 2.45. The van der Waals surface area contributed by atoms with Crippen molar-refractivity contribution in [2.24, 2.45) is 0 Å². The fourth-order valence-corrected chi connectivity index (χ4v) is 3.53. The van der Waals surface area contributed by atoms with Gasteiger partial charge in [0.05, 0.1) is 22.4 Å². The van der Waals surface area contributed by atoms with Crippen LogP contribution in [0, 0.1) is 6.07 Å². The predicted molar refractivity (Wildman–Crippen MR) is 81.8 cm³/mol. The Hall–Kier alpha value is -1.59. The highest BCUT2D eigenvalue weighted by molar-refractivity contribution is 8.00. The summed E-state index contributed by atoms with van der Waals surface area (Å²) in [6, 6.07) is 10.9. The van der Waals surface area contributed by atoms with Gasteiger partial charge in [0, 0.05) is 12.0 Å². The van der Waals surface area contributed by atoms with Crippen LogP contribution in [0.3, 0.4) is 0 Å². The van der Waals surface area contributed by atoms with Crippen LogP contribution in [0.15, 0.2) is 45.3 Å². The Balaban J connectivity index is 1.65. The third-order valence-electron chi connectivity index (χ3n) is 2.74. The lowest BCUT2D eigenvalue weighted by Crippen LogP contribution is -1.77. The summed E-state index contributed by atoms with van der Waals surface area (Å²) >= 11 is 3.39. The highest BCUT2D eigenvalue weighted by Gasteiger charge is 2.07. The zero-order valence-electron chi connectivity index (χ0n) is 11.0. The molecule has 0 bridgehead atoms. The molecule has 5 heteroatoms. The molecule has 0 aliphatic rings. The number of benzene rings is 1. The molecular formula is C15H13N2OS2. The van der Waals surface area contributed by atoms with Crippen molar-refractivity contribution in [3.63, 3.8) is 0 Å². The summed E-state index contributed by atoms with van der Waals surface area (Å²) in [7, 11) is 0. The van der Waals surface area contributed by atoms with Gasteiger partial charge in [-0.05, 0) is 6.07 Å². The molecule has 0 amide bonds. The molecular weight excluding hydrogens is 288 g/mol. The third-order valence-corrected chi connectivity index (χ3v) is 4.96. The molecule has 0 atom stereocenters. The molecule has 2 aromatic heterocycles. The first-order chi connectivity index (χ1) is 9.85. The van der Waals surface area contributed by atoms with Crippen LogP contribution in [0.2, 0.25) is 0 Å². The molecule has 101 valence electrons. The summed E-state index contributed by atoms with van der Waals surface area (Å²) in [5, 5.41) is 1.03. The Labute approximate surface area is 126 Å². The van der Waals surface area contributed by atoms with Crippen LogP contribution < -0.4 is 0 Å². The average molecular weight is 301 g/mol. The number of thiazole rings is 1. The number of nitrogens with zero attached hydrogens (tertiary/aromatic N) is 2. The maximum atomic E-state index is 5.59. The second-order valence-corrected chi connectivity index (χ2v) is 6.44. The first-order valence-corrected chi connectivity index (χ1v) is 8.14. The van der Waals surface area contributed by atoms with Crippen LogP contribution in [0.1, 0.15) is 18.6 Å². The van der Waals surface area contributed by atoms with Gasteiger partial charge in [-0.25, -0.2) is 9.97 Å². The van der Waals surface area contributed by atoms with E-state index in [1.165, 1.54) is 4.21 Å². The standard InChI is InChI=1S/C15H13N2OS2/c1-2-12-8-16-13(18-12)10-19-14-9-17-15(20-14)11-6-4-3-5-7-11/h4-9H,2,10H2,1H3.